The summed E-state index contributed by atoms with van der Waals surface area (Å²) in [4.78, 5) is 11.0. The van der Waals surface area contributed by atoms with Crippen LogP contribution in [0.1, 0.15) is 39.0 Å². The van der Waals surface area contributed by atoms with E-state index in [1.807, 2.05) is 6.92 Å². The molecular formula is C9H16F3NOS. The number of nitrogens with one attached hydrogen (secondary N) is 1. The zero-order valence-electron chi connectivity index (χ0n) is 8.69. The van der Waals surface area contributed by atoms with Crippen molar-refractivity contribution in [3.63, 3.8) is 0 Å². The van der Waals surface area contributed by atoms with Crippen molar-refractivity contribution in [2.45, 2.75) is 45.2 Å². The van der Waals surface area contributed by atoms with Crippen LogP contribution in [0.4, 0.5) is 13.2 Å². The van der Waals surface area contributed by atoms with Gasteiger partial charge in [0.25, 0.3) is 0 Å². The average Bonchev–Trinajstić information content (AvgIpc) is 2.11. The minimum Gasteiger partial charge on any atom is -0.300 e. The zero-order valence-corrected chi connectivity index (χ0v) is 9.51. The molecule has 0 fully saturated rings. The molecule has 2 nitrogen and oxygen atoms in total. The fraction of sp³-hybridized carbons (Fsp3) is 0.889. The van der Waals surface area contributed by atoms with Crippen LogP contribution in [-0.2, 0) is 4.79 Å². The second kappa shape index (κ2) is 7.84. The topological polar surface area (TPSA) is 29.1 Å². The Morgan fingerprint density at radius 3 is 2.53 bits per heavy atom. The summed E-state index contributed by atoms with van der Waals surface area (Å²) < 4.78 is 37.5. The maximum absolute atomic E-state index is 11.7. The minimum absolute atomic E-state index is 0.122. The Morgan fingerprint density at radius 2 is 2.00 bits per heavy atom. The summed E-state index contributed by atoms with van der Waals surface area (Å²) in [6.45, 7) is 2.02. The van der Waals surface area contributed by atoms with Gasteiger partial charge in [-0.15, -0.1) is 0 Å². The van der Waals surface area contributed by atoms with Crippen LogP contribution in [0.2, 0.25) is 0 Å². The number of carbonyl (C=O) groups excluding carboxylic acids is 1. The molecule has 0 heterocycles. The molecule has 0 aromatic heterocycles. The van der Waals surface area contributed by atoms with Gasteiger partial charge >= 0.3 is 6.18 Å². The van der Waals surface area contributed by atoms with Crippen molar-refractivity contribution < 1.29 is 18.0 Å². The summed E-state index contributed by atoms with van der Waals surface area (Å²) in [6, 6.07) is 0. The van der Waals surface area contributed by atoms with Crippen LogP contribution in [0.25, 0.3) is 0 Å². The molecule has 15 heavy (non-hydrogen) atoms. The first kappa shape index (κ1) is 14.6. The van der Waals surface area contributed by atoms with Crippen LogP contribution in [0, 0.1) is 0 Å². The molecule has 0 unspecified atom stereocenters. The van der Waals surface area contributed by atoms with Gasteiger partial charge in [-0.1, -0.05) is 31.7 Å². The SMILES string of the molecule is CCCCCC(=O)NSCCC(F)(F)F. The fourth-order valence-electron chi connectivity index (χ4n) is 0.885. The van der Waals surface area contributed by atoms with Gasteiger partial charge in [-0.25, -0.2) is 0 Å². The molecule has 0 saturated carbocycles. The molecule has 0 aliphatic carbocycles. The Morgan fingerprint density at radius 1 is 1.33 bits per heavy atom. The lowest BCUT2D eigenvalue weighted by Gasteiger charge is -2.06. The predicted molar refractivity (Wildman–Crippen MR) is 55.4 cm³/mol. The highest BCUT2D eigenvalue weighted by Gasteiger charge is 2.26. The molecule has 1 N–H and O–H groups in total. The van der Waals surface area contributed by atoms with Gasteiger partial charge < -0.3 is 4.72 Å². The number of halogens is 3. The number of rotatable bonds is 7. The number of alkyl halides is 3. The predicted octanol–water partition coefficient (Wildman–Crippen LogP) is 3.28. The van der Waals surface area contributed by atoms with Crippen LogP contribution < -0.4 is 4.72 Å². The molecular weight excluding hydrogens is 227 g/mol. The van der Waals surface area contributed by atoms with E-state index in [0.29, 0.717) is 6.42 Å². The van der Waals surface area contributed by atoms with Crippen LogP contribution in [0.5, 0.6) is 0 Å². The highest BCUT2D eigenvalue weighted by atomic mass is 32.2. The summed E-state index contributed by atoms with van der Waals surface area (Å²) in [5.74, 6) is -0.307. The number of unbranched alkanes of at least 4 members (excludes halogenated alkanes) is 2. The van der Waals surface area contributed by atoms with Crippen LogP contribution >= 0.6 is 11.9 Å². The highest BCUT2D eigenvalue weighted by Crippen LogP contribution is 2.21. The monoisotopic (exact) mass is 243 g/mol. The van der Waals surface area contributed by atoms with Gasteiger partial charge in [0.05, 0.1) is 6.42 Å². The Bertz CT molecular complexity index is 185. The lowest BCUT2D eigenvalue weighted by atomic mass is 10.2. The summed E-state index contributed by atoms with van der Waals surface area (Å²) in [5, 5.41) is 0. The first-order valence-corrected chi connectivity index (χ1v) is 5.91. The summed E-state index contributed by atoms with van der Waals surface area (Å²) in [7, 11) is 0. The van der Waals surface area contributed by atoms with Gasteiger partial charge in [-0.3, -0.25) is 4.79 Å². The lowest BCUT2D eigenvalue weighted by molar-refractivity contribution is -0.129. The smallest absolute Gasteiger partial charge is 0.300 e. The molecule has 0 aromatic carbocycles. The molecule has 90 valence electrons. The van der Waals surface area contributed by atoms with Gasteiger partial charge in [0.2, 0.25) is 5.91 Å². The van der Waals surface area contributed by atoms with E-state index in [4.69, 9.17) is 0 Å². The largest absolute Gasteiger partial charge is 0.389 e. The average molecular weight is 243 g/mol. The van der Waals surface area contributed by atoms with Crippen molar-refractivity contribution >= 4 is 17.9 Å². The zero-order chi connectivity index (χ0) is 11.7. The van der Waals surface area contributed by atoms with E-state index in [1.54, 1.807) is 0 Å². The van der Waals surface area contributed by atoms with Crippen LogP contribution in [-0.4, -0.2) is 17.8 Å². The maximum Gasteiger partial charge on any atom is 0.389 e. The van der Waals surface area contributed by atoms with E-state index in [2.05, 4.69) is 4.72 Å². The molecule has 0 atom stereocenters. The molecule has 0 saturated heterocycles. The number of amides is 1. The molecule has 1 amide bonds. The van der Waals surface area contributed by atoms with Crippen molar-refractivity contribution in [1.82, 2.24) is 4.72 Å². The second-order valence-corrected chi connectivity index (χ2v) is 4.10. The van der Waals surface area contributed by atoms with E-state index in [9.17, 15) is 18.0 Å². The number of hydrogen-bond donors (Lipinski definition) is 1. The van der Waals surface area contributed by atoms with Gasteiger partial charge in [0.15, 0.2) is 0 Å². The lowest BCUT2D eigenvalue weighted by Crippen LogP contribution is -2.17. The third kappa shape index (κ3) is 11.5. The van der Waals surface area contributed by atoms with Gasteiger partial charge in [0.1, 0.15) is 0 Å². The Kier molecular flexibility index (Phi) is 7.64. The third-order valence-electron chi connectivity index (χ3n) is 1.68. The molecule has 0 aliphatic heterocycles. The van der Waals surface area contributed by atoms with Crippen molar-refractivity contribution in [3.8, 4) is 0 Å². The summed E-state index contributed by atoms with van der Waals surface area (Å²) >= 11 is 0.827. The fourth-order valence-corrected chi connectivity index (χ4v) is 1.58. The Balaban J connectivity index is 3.32. The number of hydrogen-bond acceptors (Lipinski definition) is 2. The first-order chi connectivity index (χ1) is 6.95. The molecule has 0 aliphatic rings. The first-order valence-electron chi connectivity index (χ1n) is 4.93. The number of carbonyl (C=O) groups is 1. The van der Waals surface area contributed by atoms with Gasteiger partial charge in [-0.2, -0.15) is 13.2 Å². The summed E-state index contributed by atoms with van der Waals surface area (Å²) in [6.07, 6.45) is -1.82. The van der Waals surface area contributed by atoms with Gasteiger partial charge in [0, 0.05) is 12.2 Å². The second-order valence-electron chi connectivity index (χ2n) is 3.20. The third-order valence-corrected chi connectivity index (χ3v) is 2.46. The van der Waals surface area contributed by atoms with E-state index < -0.39 is 12.6 Å². The van der Waals surface area contributed by atoms with Crippen molar-refractivity contribution in [2.75, 3.05) is 5.75 Å². The Labute approximate surface area is 92.1 Å². The van der Waals surface area contributed by atoms with E-state index in [1.165, 1.54) is 0 Å². The van der Waals surface area contributed by atoms with Crippen molar-refractivity contribution in [3.05, 3.63) is 0 Å². The molecule has 0 bridgehead atoms. The van der Waals surface area contributed by atoms with Crippen LogP contribution in [0.3, 0.4) is 0 Å². The molecule has 0 radical (unpaired) electrons. The minimum atomic E-state index is -4.14. The standard InChI is InChI=1S/C9H16F3NOS/c1-2-3-4-5-8(14)13-15-7-6-9(10,11)12/h2-7H2,1H3,(H,13,14). The molecule has 0 spiro atoms. The van der Waals surface area contributed by atoms with E-state index in [-0.39, 0.29) is 11.7 Å². The van der Waals surface area contributed by atoms with Gasteiger partial charge in [-0.05, 0) is 6.42 Å². The van der Waals surface area contributed by atoms with E-state index >= 15 is 0 Å². The summed E-state index contributed by atoms with van der Waals surface area (Å²) in [5.41, 5.74) is 0. The van der Waals surface area contributed by atoms with Crippen molar-refractivity contribution in [2.24, 2.45) is 0 Å². The van der Waals surface area contributed by atoms with E-state index in [0.717, 1.165) is 31.2 Å². The molecule has 6 heteroatoms. The molecule has 0 aromatic rings. The highest BCUT2D eigenvalue weighted by molar-refractivity contribution is 7.97. The normalized spacial score (nSPS) is 11.5. The van der Waals surface area contributed by atoms with Crippen LogP contribution in [0.15, 0.2) is 0 Å². The maximum atomic E-state index is 11.7. The Hall–Kier alpha value is -0.390. The van der Waals surface area contributed by atoms with Crippen molar-refractivity contribution in [1.29, 1.82) is 0 Å². The molecule has 0 rings (SSSR count). The quantitative estimate of drug-likeness (QED) is 0.549.